The van der Waals surface area contributed by atoms with E-state index in [-0.39, 0.29) is 11.6 Å². The smallest absolute Gasteiger partial charge is 0.257 e. The number of hydrogen-bond acceptors (Lipinski definition) is 4. The Morgan fingerprint density at radius 1 is 0.818 bits per heavy atom. The van der Waals surface area contributed by atoms with Gasteiger partial charge in [0, 0.05) is 23.5 Å². The number of rotatable bonds is 4. The van der Waals surface area contributed by atoms with Crippen LogP contribution in [0.5, 0.6) is 0 Å². The topological polar surface area (TPSA) is 58.5 Å². The average molecular weight is 290 g/mol. The molecule has 0 saturated heterocycles. The molecule has 0 spiro atoms. The number of carbonyl (C=O) groups excluding carboxylic acids is 2. The van der Waals surface area contributed by atoms with Crippen LogP contribution in [0.3, 0.4) is 0 Å². The zero-order valence-corrected chi connectivity index (χ0v) is 11.8. The van der Waals surface area contributed by atoms with Crippen molar-refractivity contribution in [2.24, 2.45) is 4.99 Å². The highest BCUT2D eigenvalue weighted by atomic mass is 16.2. The second kappa shape index (κ2) is 5.77. The normalized spacial score (nSPS) is 15.1. The number of carbonyl (C=O) groups is 2. The fourth-order valence-electron chi connectivity index (χ4n) is 2.35. The predicted molar refractivity (Wildman–Crippen MR) is 85.0 cm³/mol. The zero-order valence-electron chi connectivity index (χ0n) is 11.8. The van der Waals surface area contributed by atoms with Crippen molar-refractivity contribution in [1.82, 2.24) is 5.32 Å². The van der Waals surface area contributed by atoms with Crippen molar-refractivity contribution in [2.75, 3.05) is 0 Å². The summed E-state index contributed by atoms with van der Waals surface area (Å²) >= 11 is 0. The van der Waals surface area contributed by atoms with Crippen LogP contribution in [0.25, 0.3) is 0 Å². The number of allylic oxidation sites excluding steroid dienone is 1. The maximum atomic E-state index is 12.9. The first-order valence-electron chi connectivity index (χ1n) is 6.92. The molecule has 0 atom stereocenters. The van der Waals surface area contributed by atoms with E-state index in [1.165, 1.54) is 6.21 Å². The minimum atomic E-state index is -1.64. The molecule has 108 valence electrons. The highest BCUT2D eigenvalue weighted by molar-refractivity contribution is 6.24. The second-order valence-corrected chi connectivity index (χ2v) is 4.88. The summed E-state index contributed by atoms with van der Waals surface area (Å²) in [5.74, 6) is -0.745. The molecule has 0 bridgehead atoms. The van der Waals surface area contributed by atoms with Crippen LogP contribution in [0.1, 0.15) is 20.7 Å². The van der Waals surface area contributed by atoms with Crippen LogP contribution < -0.4 is 5.32 Å². The zero-order chi connectivity index (χ0) is 15.4. The number of aliphatic imine (C=N–C) groups is 1. The molecule has 0 unspecified atom stereocenters. The molecule has 0 saturated carbocycles. The van der Waals surface area contributed by atoms with Crippen molar-refractivity contribution in [1.29, 1.82) is 0 Å². The van der Waals surface area contributed by atoms with Gasteiger partial charge in [-0.25, -0.2) is 4.99 Å². The first-order chi connectivity index (χ1) is 10.7. The Hall–Kier alpha value is -3.01. The minimum Gasteiger partial charge on any atom is -0.354 e. The Morgan fingerprint density at radius 2 is 1.32 bits per heavy atom. The van der Waals surface area contributed by atoms with E-state index in [2.05, 4.69) is 10.3 Å². The van der Waals surface area contributed by atoms with Crippen LogP contribution in [0.2, 0.25) is 0 Å². The summed E-state index contributed by atoms with van der Waals surface area (Å²) in [6.07, 6.45) is 4.68. The summed E-state index contributed by atoms with van der Waals surface area (Å²) in [6, 6.07) is 17.4. The van der Waals surface area contributed by atoms with Crippen molar-refractivity contribution in [2.45, 2.75) is 5.66 Å². The third-order valence-corrected chi connectivity index (χ3v) is 3.47. The molecule has 4 nitrogen and oxygen atoms in total. The summed E-state index contributed by atoms with van der Waals surface area (Å²) in [6.45, 7) is 0. The lowest BCUT2D eigenvalue weighted by Crippen LogP contribution is -2.55. The Bertz CT molecular complexity index is 698. The summed E-state index contributed by atoms with van der Waals surface area (Å²) < 4.78 is 0. The lowest BCUT2D eigenvalue weighted by atomic mass is 9.89. The molecule has 1 N–H and O–H groups in total. The second-order valence-electron chi connectivity index (χ2n) is 4.88. The largest absolute Gasteiger partial charge is 0.354 e. The quantitative estimate of drug-likeness (QED) is 0.695. The van der Waals surface area contributed by atoms with Gasteiger partial charge in [0.15, 0.2) is 0 Å². The molecule has 22 heavy (non-hydrogen) atoms. The van der Waals surface area contributed by atoms with Gasteiger partial charge in [0.2, 0.25) is 11.6 Å². The number of hydrogen-bond donors (Lipinski definition) is 1. The minimum absolute atomic E-state index is 0.373. The van der Waals surface area contributed by atoms with Gasteiger partial charge in [0.25, 0.3) is 5.66 Å². The standard InChI is InChI=1S/C18H14N2O2/c21-16(14-8-3-1-4-9-14)18(19-12-7-13-20-18)17(22)15-10-5-2-6-11-15/h1-13,19H. The van der Waals surface area contributed by atoms with Gasteiger partial charge < -0.3 is 5.32 Å². The first-order valence-corrected chi connectivity index (χ1v) is 6.92. The molecule has 1 aliphatic rings. The van der Waals surface area contributed by atoms with Crippen LogP contribution in [0.4, 0.5) is 0 Å². The van der Waals surface area contributed by atoms with Crippen LogP contribution in [-0.4, -0.2) is 23.4 Å². The van der Waals surface area contributed by atoms with E-state index in [1.807, 2.05) is 12.1 Å². The maximum absolute atomic E-state index is 12.9. The van der Waals surface area contributed by atoms with Crippen LogP contribution in [0.15, 0.2) is 77.9 Å². The van der Waals surface area contributed by atoms with E-state index < -0.39 is 5.66 Å². The van der Waals surface area contributed by atoms with E-state index in [1.54, 1.807) is 60.8 Å². The molecular formula is C18H14N2O2. The molecule has 1 heterocycles. The number of benzene rings is 2. The van der Waals surface area contributed by atoms with Crippen LogP contribution in [0, 0.1) is 0 Å². The van der Waals surface area contributed by atoms with Gasteiger partial charge in [-0.1, -0.05) is 60.7 Å². The molecule has 2 aromatic carbocycles. The summed E-state index contributed by atoms with van der Waals surface area (Å²) in [7, 11) is 0. The monoisotopic (exact) mass is 290 g/mol. The molecule has 1 aliphatic heterocycles. The van der Waals surface area contributed by atoms with Crippen LogP contribution in [-0.2, 0) is 0 Å². The Kier molecular flexibility index (Phi) is 3.66. The van der Waals surface area contributed by atoms with E-state index in [0.717, 1.165) is 0 Å². The summed E-state index contributed by atoms with van der Waals surface area (Å²) in [4.78, 5) is 30.0. The molecule has 0 aromatic heterocycles. The number of nitrogens with one attached hydrogen (secondary N) is 1. The van der Waals surface area contributed by atoms with Crippen molar-refractivity contribution in [3.63, 3.8) is 0 Å². The third kappa shape index (κ3) is 2.35. The van der Waals surface area contributed by atoms with Crippen molar-refractivity contribution >= 4 is 17.8 Å². The predicted octanol–water partition coefficient (Wildman–Crippen LogP) is 2.64. The van der Waals surface area contributed by atoms with E-state index in [9.17, 15) is 9.59 Å². The average Bonchev–Trinajstić information content (AvgIpc) is 2.62. The molecule has 0 fully saturated rings. The van der Waals surface area contributed by atoms with Gasteiger partial charge in [-0.3, -0.25) is 9.59 Å². The van der Waals surface area contributed by atoms with Crippen LogP contribution >= 0.6 is 0 Å². The Balaban J connectivity index is 2.07. The van der Waals surface area contributed by atoms with Gasteiger partial charge >= 0.3 is 0 Å². The van der Waals surface area contributed by atoms with Crippen molar-refractivity contribution in [3.05, 3.63) is 84.1 Å². The van der Waals surface area contributed by atoms with Gasteiger partial charge in [-0.15, -0.1) is 0 Å². The van der Waals surface area contributed by atoms with Gasteiger partial charge in [0.1, 0.15) is 0 Å². The summed E-state index contributed by atoms with van der Waals surface area (Å²) in [5.41, 5.74) is -0.768. The maximum Gasteiger partial charge on any atom is 0.257 e. The molecular weight excluding hydrogens is 276 g/mol. The fourth-order valence-corrected chi connectivity index (χ4v) is 2.35. The molecule has 0 amide bonds. The molecule has 0 aliphatic carbocycles. The molecule has 2 aromatic rings. The number of nitrogens with zero attached hydrogens (tertiary/aromatic N) is 1. The van der Waals surface area contributed by atoms with Gasteiger partial charge in [-0.2, -0.15) is 0 Å². The lowest BCUT2D eigenvalue weighted by molar-refractivity contribution is 0.0748. The van der Waals surface area contributed by atoms with E-state index in [4.69, 9.17) is 0 Å². The first kappa shape index (κ1) is 13.9. The lowest BCUT2D eigenvalue weighted by Gasteiger charge is -2.29. The van der Waals surface area contributed by atoms with E-state index in [0.29, 0.717) is 11.1 Å². The van der Waals surface area contributed by atoms with Crippen molar-refractivity contribution in [3.8, 4) is 0 Å². The number of ketones is 2. The summed E-state index contributed by atoms with van der Waals surface area (Å²) in [5, 5.41) is 2.85. The van der Waals surface area contributed by atoms with Gasteiger partial charge in [0.05, 0.1) is 0 Å². The Morgan fingerprint density at radius 3 is 1.73 bits per heavy atom. The number of Topliss-reactive ketones (excluding diaryl/α,β-unsaturated/α-hetero) is 2. The third-order valence-electron chi connectivity index (χ3n) is 3.47. The van der Waals surface area contributed by atoms with Gasteiger partial charge in [-0.05, 0) is 6.08 Å². The SMILES string of the molecule is O=C(c1ccccc1)C1(C(=O)c2ccccc2)N=CC=CN1. The Labute approximate surface area is 128 Å². The van der Waals surface area contributed by atoms with Crippen molar-refractivity contribution < 1.29 is 9.59 Å². The molecule has 3 rings (SSSR count). The highest BCUT2D eigenvalue weighted by Crippen LogP contribution is 2.22. The molecule has 0 radical (unpaired) electrons. The van der Waals surface area contributed by atoms with E-state index >= 15 is 0 Å². The highest BCUT2D eigenvalue weighted by Gasteiger charge is 2.46. The molecule has 4 heteroatoms. The fraction of sp³-hybridized carbons (Fsp3) is 0.0556.